The maximum atomic E-state index is 5.50. The topological polar surface area (TPSA) is 24.5 Å². The minimum atomic E-state index is 0.346. The Hall–Kier alpha value is -0.120. The van der Waals surface area contributed by atoms with E-state index in [1.807, 2.05) is 0 Å². The number of rotatable bonds is 6. The van der Waals surface area contributed by atoms with Gasteiger partial charge in [-0.1, -0.05) is 6.92 Å². The average molecular weight is 214 g/mol. The number of piperidine rings is 1. The van der Waals surface area contributed by atoms with Gasteiger partial charge in [0.25, 0.3) is 0 Å². The molecule has 0 spiro atoms. The minimum Gasteiger partial charge on any atom is -0.377 e. The fraction of sp³-hybridized carbons (Fsp3) is 1.00. The molecule has 0 saturated carbocycles. The van der Waals surface area contributed by atoms with Crippen molar-refractivity contribution in [3.05, 3.63) is 0 Å². The molecule has 0 aromatic rings. The molecule has 1 N–H and O–H groups in total. The number of nitrogens with zero attached hydrogens (tertiary/aromatic N) is 1. The first-order chi connectivity index (χ1) is 7.26. The number of nitrogens with one attached hydrogen (secondary N) is 1. The number of ether oxygens (including phenoxy) is 1. The van der Waals surface area contributed by atoms with E-state index in [1.54, 1.807) is 0 Å². The largest absolute Gasteiger partial charge is 0.377 e. The smallest absolute Gasteiger partial charge is 0.0671 e. The molecule has 1 saturated heterocycles. The molecule has 3 heteroatoms. The summed E-state index contributed by atoms with van der Waals surface area (Å²) in [6.45, 7) is 11.9. The van der Waals surface area contributed by atoms with Crippen LogP contribution in [0.25, 0.3) is 0 Å². The van der Waals surface area contributed by atoms with E-state index >= 15 is 0 Å². The molecule has 0 aromatic heterocycles. The van der Waals surface area contributed by atoms with Crippen LogP contribution >= 0.6 is 0 Å². The van der Waals surface area contributed by atoms with Crippen LogP contribution in [0.2, 0.25) is 0 Å². The summed E-state index contributed by atoms with van der Waals surface area (Å²) >= 11 is 0. The Bertz CT molecular complexity index is 156. The van der Waals surface area contributed by atoms with Crippen LogP contribution in [0, 0.1) is 0 Å². The summed E-state index contributed by atoms with van der Waals surface area (Å²) in [7, 11) is 0. The van der Waals surface area contributed by atoms with Crippen LogP contribution in [0.3, 0.4) is 0 Å². The molecular formula is C12H26N2O. The Morgan fingerprint density at radius 2 is 2.00 bits per heavy atom. The van der Waals surface area contributed by atoms with Gasteiger partial charge in [-0.15, -0.1) is 0 Å². The summed E-state index contributed by atoms with van der Waals surface area (Å²) < 4.78 is 5.50. The molecule has 0 amide bonds. The van der Waals surface area contributed by atoms with Gasteiger partial charge in [0.2, 0.25) is 0 Å². The van der Waals surface area contributed by atoms with E-state index in [9.17, 15) is 0 Å². The molecule has 1 rings (SSSR count). The molecule has 0 aliphatic carbocycles. The van der Waals surface area contributed by atoms with E-state index in [4.69, 9.17) is 4.74 Å². The van der Waals surface area contributed by atoms with Crippen molar-refractivity contribution in [2.45, 2.75) is 45.8 Å². The van der Waals surface area contributed by atoms with Gasteiger partial charge in [-0.3, -0.25) is 0 Å². The molecule has 0 aromatic carbocycles. The summed E-state index contributed by atoms with van der Waals surface area (Å²) in [5, 5.41) is 3.60. The zero-order valence-corrected chi connectivity index (χ0v) is 10.5. The third-order valence-corrected chi connectivity index (χ3v) is 3.18. The summed E-state index contributed by atoms with van der Waals surface area (Å²) in [5.74, 6) is 0. The quantitative estimate of drug-likeness (QED) is 0.725. The van der Waals surface area contributed by atoms with Crippen molar-refractivity contribution >= 4 is 0 Å². The van der Waals surface area contributed by atoms with Gasteiger partial charge in [0.1, 0.15) is 0 Å². The fourth-order valence-corrected chi connectivity index (χ4v) is 2.13. The maximum Gasteiger partial charge on any atom is 0.0671 e. The highest BCUT2D eigenvalue weighted by atomic mass is 16.5. The van der Waals surface area contributed by atoms with Crippen LogP contribution in [0.1, 0.15) is 33.6 Å². The van der Waals surface area contributed by atoms with Crippen molar-refractivity contribution in [1.29, 1.82) is 0 Å². The molecule has 1 aliphatic rings. The molecule has 0 bridgehead atoms. The molecule has 1 atom stereocenters. The van der Waals surface area contributed by atoms with E-state index in [-0.39, 0.29) is 0 Å². The Kier molecular flexibility index (Phi) is 6.22. The normalized spacial score (nSPS) is 21.8. The molecule has 15 heavy (non-hydrogen) atoms. The molecule has 1 fully saturated rings. The van der Waals surface area contributed by atoms with Gasteiger partial charge in [0, 0.05) is 19.2 Å². The lowest BCUT2D eigenvalue weighted by atomic mass is 10.1. The lowest BCUT2D eigenvalue weighted by Gasteiger charge is -2.32. The third kappa shape index (κ3) is 4.96. The van der Waals surface area contributed by atoms with Crippen LogP contribution < -0.4 is 5.32 Å². The standard InChI is InChI=1S/C12H26N2O/c1-4-14-8-6-12(7-9-14)13-10-11(3)15-5-2/h11-13H,4-10H2,1-3H3. The van der Waals surface area contributed by atoms with Crippen LogP contribution in [0.5, 0.6) is 0 Å². The maximum absolute atomic E-state index is 5.50. The highest BCUT2D eigenvalue weighted by Gasteiger charge is 2.17. The molecule has 1 heterocycles. The lowest BCUT2D eigenvalue weighted by Crippen LogP contribution is -2.44. The van der Waals surface area contributed by atoms with Gasteiger partial charge < -0.3 is 15.0 Å². The van der Waals surface area contributed by atoms with Crippen molar-refractivity contribution in [2.75, 3.05) is 32.8 Å². The lowest BCUT2D eigenvalue weighted by molar-refractivity contribution is 0.0710. The second kappa shape index (κ2) is 7.20. The second-order valence-electron chi connectivity index (χ2n) is 4.38. The van der Waals surface area contributed by atoms with Gasteiger partial charge in [0.15, 0.2) is 0 Å². The van der Waals surface area contributed by atoms with Crippen molar-refractivity contribution in [1.82, 2.24) is 10.2 Å². The predicted molar refractivity (Wildman–Crippen MR) is 64.2 cm³/mol. The van der Waals surface area contributed by atoms with Crippen molar-refractivity contribution in [3.8, 4) is 0 Å². The third-order valence-electron chi connectivity index (χ3n) is 3.18. The van der Waals surface area contributed by atoms with Gasteiger partial charge in [-0.25, -0.2) is 0 Å². The van der Waals surface area contributed by atoms with Crippen LogP contribution in [-0.2, 0) is 4.74 Å². The monoisotopic (exact) mass is 214 g/mol. The van der Waals surface area contributed by atoms with Crippen molar-refractivity contribution < 1.29 is 4.74 Å². The minimum absolute atomic E-state index is 0.346. The average Bonchev–Trinajstić information content (AvgIpc) is 2.27. The summed E-state index contributed by atoms with van der Waals surface area (Å²) in [4.78, 5) is 2.52. The second-order valence-corrected chi connectivity index (χ2v) is 4.38. The van der Waals surface area contributed by atoms with Crippen LogP contribution in [-0.4, -0.2) is 49.8 Å². The van der Waals surface area contributed by atoms with Gasteiger partial charge >= 0.3 is 0 Å². The first-order valence-electron chi connectivity index (χ1n) is 6.33. The molecule has 3 nitrogen and oxygen atoms in total. The Morgan fingerprint density at radius 1 is 1.33 bits per heavy atom. The van der Waals surface area contributed by atoms with Crippen molar-refractivity contribution in [3.63, 3.8) is 0 Å². The number of hydrogen-bond acceptors (Lipinski definition) is 3. The van der Waals surface area contributed by atoms with E-state index < -0.39 is 0 Å². The molecule has 1 unspecified atom stereocenters. The molecule has 90 valence electrons. The zero-order chi connectivity index (χ0) is 11.1. The number of likely N-dealkylation sites (tertiary alicyclic amines) is 1. The number of hydrogen-bond donors (Lipinski definition) is 1. The first kappa shape index (κ1) is 12.9. The van der Waals surface area contributed by atoms with E-state index in [2.05, 4.69) is 31.0 Å². The van der Waals surface area contributed by atoms with Gasteiger partial charge in [0.05, 0.1) is 6.10 Å². The highest BCUT2D eigenvalue weighted by Crippen LogP contribution is 2.09. The first-order valence-corrected chi connectivity index (χ1v) is 6.33. The molecular weight excluding hydrogens is 188 g/mol. The van der Waals surface area contributed by atoms with Crippen molar-refractivity contribution in [2.24, 2.45) is 0 Å². The summed E-state index contributed by atoms with van der Waals surface area (Å²) in [5.41, 5.74) is 0. The SMILES string of the molecule is CCOC(C)CNC1CCN(CC)CC1. The van der Waals surface area contributed by atoms with E-state index in [0.29, 0.717) is 12.1 Å². The predicted octanol–water partition coefficient (Wildman–Crippen LogP) is 1.49. The van der Waals surface area contributed by atoms with Gasteiger partial charge in [-0.2, -0.15) is 0 Å². The zero-order valence-electron chi connectivity index (χ0n) is 10.5. The van der Waals surface area contributed by atoms with Crippen LogP contribution in [0.15, 0.2) is 0 Å². The van der Waals surface area contributed by atoms with Gasteiger partial charge in [-0.05, 0) is 46.3 Å². The van der Waals surface area contributed by atoms with E-state index in [1.165, 1.54) is 32.5 Å². The Morgan fingerprint density at radius 3 is 2.53 bits per heavy atom. The Labute approximate surface area is 94.2 Å². The highest BCUT2D eigenvalue weighted by molar-refractivity contribution is 4.77. The fourth-order valence-electron chi connectivity index (χ4n) is 2.13. The van der Waals surface area contributed by atoms with E-state index in [0.717, 1.165) is 13.2 Å². The van der Waals surface area contributed by atoms with Crippen LogP contribution in [0.4, 0.5) is 0 Å². The summed E-state index contributed by atoms with van der Waals surface area (Å²) in [6, 6.07) is 0.704. The Balaban J connectivity index is 2.08. The molecule has 1 aliphatic heterocycles. The molecule has 0 radical (unpaired) electrons. The summed E-state index contributed by atoms with van der Waals surface area (Å²) in [6.07, 6.45) is 2.92.